The van der Waals surface area contributed by atoms with Crippen LogP contribution in [0.2, 0.25) is 0 Å². The van der Waals surface area contributed by atoms with E-state index < -0.39 is 0 Å². The van der Waals surface area contributed by atoms with Gasteiger partial charge >= 0.3 is 0 Å². The molecule has 0 aliphatic carbocycles. The summed E-state index contributed by atoms with van der Waals surface area (Å²) in [6.07, 6.45) is 2.07. The minimum Gasteiger partial charge on any atom is -0.378 e. The average Bonchev–Trinajstić information content (AvgIpc) is 3.26. The smallest absolute Gasteiger partial charge is 0.293 e. The fourth-order valence-electron chi connectivity index (χ4n) is 3.66. The maximum absolute atomic E-state index is 13.0. The van der Waals surface area contributed by atoms with Crippen LogP contribution in [-0.4, -0.2) is 49.5 Å². The van der Waals surface area contributed by atoms with Crippen molar-refractivity contribution in [1.29, 1.82) is 0 Å². The predicted octanol–water partition coefficient (Wildman–Crippen LogP) is 3.92. The van der Waals surface area contributed by atoms with E-state index in [1.807, 2.05) is 55.1 Å². The van der Waals surface area contributed by atoms with Crippen molar-refractivity contribution >= 4 is 23.0 Å². The van der Waals surface area contributed by atoms with Gasteiger partial charge in [0.25, 0.3) is 11.6 Å². The topological polar surface area (TPSA) is 69.9 Å². The van der Waals surface area contributed by atoms with Crippen LogP contribution < -0.4 is 9.80 Å². The molecule has 1 aliphatic rings. The number of nitro benzene ring substituents is 1. The molecule has 1 aliphatic heterocycles. The molecule has 0 bridgehead atoms. The molecule has 7 heteroatoms. The van der Waals surface area contributed by atoms with Crippen molar-refractivity contribution in [2.45, 2.75) is 26.3 Å². The van der Waals surface area contributed by atoms with E-state index in [1.165, 1.54) is 6.07 Å². The van der Waals surface area contributed by atoms with Gasteiger partial charge in [-0.05, 0) is 49.6 Å². The summed E-state index contributed by atoms with van der Waals surface area (Å²) in [7, 11) is 3.96. The van der Waals surface area contributed by atoms with E-state index in [0.29, 0.717) is 24.3 Å². The lowest BCUT2D eigenvalue weighted by atomic mass is 10.1. The molecule has 1 amide bonds. The van der Waals surface area contributed by atoms with E-state index in [0.717, 1.165) is 37.2 Å². The molecule has 0 atom stereocenters. The predicted molar refractivity (Wildman–Crippen MR) is 116 cm³/mol. The highest BCUT2D eigenvalue weighted by Crippen LogP contribution is 2.32. The van der Waals surface area contributed by atoms with E-state index >= 15 is 0 Å². The molecule has 1 heterocycles. The first-order valence-electron chi connectivity index (χ1n) is 9.99. The van der Waals surface area contributed by atoms with Crippen LogP contribution in [0.25, 0.3) is 0 Å². The van der Waals surface area contributed by atoms with Crippen molar-refractivity contribution in [3.05, 3.63) is 63.7 Å². The molecule has 2 aromatic carbocycles. The molecule has 1 fully saturated rings. The highest BCUT2D eigenvalue weighted by molar-refractivity contribution is 5.95. The normalized spacial score (nSPS) is 13.4. The quantitative estimate of drug-likeness (QED) is 0.524. The molecule has 29 heavy (non-hydrogen) atoms. The van der Waals surface area contributed by atoms with Crippen LogP contribution in [-0.2, 0) is 6.54 Å². The molecule has 0 aromatic heterocycles. The Morgan fingerprint density at radius 3 is 2.31 bits per heavy atom. The molecule has 3 rings (SSSR count). The van der Waals surface area contributed by atoms with Crippen molar-refractivity contribution in [2.75, 3.05) is 43.5 Å². The Bertz CT molecular complexity index is 874. The summed E-state index contributed by atoms with van der Waals surface area (Å²) in [5.74, 6) is -0.194. The van der Waals surface area contributed by atoms with E-state index in [1.54, 1.807) is 17.0 Å². The Balaban J connectivity index is 1.81. The minimum atomic E-state index is -0.388. The molecule has 7 nitrogen and oxygen atoms in total. The van der Waals surface area contributed by atoms with Gasteiger partial charge in [-0.1, -0.05) is 12.1 Å². The summed E-state index contributed by atoms with van der Waals surface area (Å²) in [6.45, 7) is 4.54. The lowest BCUT2D eigenvalue weighted by molar-refractivity contribution is -0.384. The van der Waals surface area contributed by atoms with E-state index in [9.17, 15) is 14.9 Å². The van der Waals surface area contributed by atoms with Crippen LogP contribution in [0.15, 0.2) is 42.5 Å². The molecule has 2 aromatic rings. The summed E-state index contributed by atoms with van der Waals surface area (Å²) in [5.41, 5.74) is 3.08. The first-order chi connectivity index (χ1) is 13.9. The number of nitro groups is 1. The zero-order valence-electron chi connectivity index (χ0n) is 17.3. The fourth-order valence-corrected chi connectivity index (χ4v) is 3.66. The molecule has 0 N–H and O–H groups in total. The summed E-state index contributed by atoms with van der Waals surface area (Å²) in [6, 6.07) is 12.9. The fraction of sp³-hybridized carbons (Fsp3) is 0.409. The Morgan fingerprint density at radius 1 is 1.10 bits per heavy atom. The molecular weight excluding hydrogens is 368 g/mol. The second kappa shape index (κ2) is 8.94. The summed E-state index contributed by atoms with van der Waals surface area (Å²) < 4.78 is 0. The van der Waals surface area contributed by atoms with Crippen LogP contribution in [0.4, 0.5) is 17.1 Å². The van der Waals surface area contributed by atoms with Crippen LogP contribution in [0.3, 0.4) is 0 Å². The van der Waals surface area contributed by atoms with Gasteiger partial charge in [-0.25, -0.2) is 0 Å². The first-order valence-corrected chi connectivity index (χ1v) is 9.99. The molecule has 1 saturated heterocycles. The number of carbonyl (C=O) groups is 1. The number of carbonyl (C=O) groups excluding carboxylic acids is 1. The summed E-state index contributed by atoms with van der Waals surface area (Å²) in [4.78, 5) is 30.0. The lowest BCUT2D eigenvalue weighted by Crippen LogP contribution is -2.30. The zero-order valence-corrected chi connectivity index (χ0v) is 17.3. The third-order valence-electron chi connectivity index (χ3n) is 5.36. The molecule has 154 valence electrons. The number of hydrogen-bond donors (Lipinski definition) is 0. The van der Waals surface area contributed by atoms with Crippen LogP contribution in [0.5, 0.6) is 0 Å². The van der Waals surface area contributed by atoms with E-state index in [-0.39, 0.29) is 16.5 Å². The van der Waals surface area contributed by atoms with Crippen molar-refractivity contribution < 1.29 is 9.72 Å². The highest BCUT2D eigenvalue weighted by Gasteiger charge is 2.25. The van der Waals surface area contributed by atoms with Gasteiger partial charge in [0.1, 0.15) is 5.69 Å². The minimum absolute atomic E-state index is 0.00383. The lowest BCUT2D eigenvalue weighted by Gasteiger charge is -2.23. The third-order valence-corrected chi connectivity index (χ3v) is 5.36. The SMILES string of the molecule is CCN(Cc1ccc(N(C)C)cc1)C(=O)c1ccc(N2CCCC2)c([N+](=O)[O-])c1. The molecule has 0 radical (unpaired) electrons. The number of rotatable bonds is 7. The number of amides is 1. The monoisotopic (exact) mass is 396 g/mol. The highest BCUT2D eigenvalue weighted by atomic mass is 16.6. The van der Waals surface area contributed by atoms with Crippen LogP contribution in [0.1, 0.15) is 35.7 Å². The van der Waals surface area contributed by atoms with Crippen molar-refractivity contribution in [3.63, 3.8) is 0 Å². The second-order valence-corrected chi connectivity index (χ2v) is 7.53. The van der Waals surface area contributed by atoms with Gasteiger partial charge in [0.15, 0.2) is 0 Å². The number of hydrogen-bond acceptors (Lipinski definition) is 5. The maximum atomic E-state index is 13.0. The van der Waals surface area contributed by atoms with Gasteiger partial charge in [-0.15, -0.1) is 0 Å². The van der Waals surface area contributed by atoms with Gasteiger partial charge < -0.3 is 14.7 Å². The molecule has 0 unspecified atom stereocenters. The molecule has 0 saturated carbocycles. The van der Waals surface area contributed by atoms with Crippen LogP contribution in [0, 0.1) is 10.1 Å². The summed E-state index contributed by atoms with van der Waals surface area (Å²) in [5, 5.41) is 11.6. The van der Waals surface area contributed by atoms with Gasteiger partial charge in [0.05, 0.1) is 4.92 Å². The Morgan fingerprint density at radius 2 is 1.76 bits per heavy atom. The Hall–Kier alpha value is -3.09. The summed E-state index contributed by atoms with van der Waals surface area (Å²) >= 11 is 0. The number of anilines is 2. The molecule has 0 spiro atoms. The number of benzene rings is 2. The second-order valence-electron chi connectivity index (χ2n) is 7.53. The van der Waals surface area contributed by atoms with E-state index in [4.69, 9.17) is 0 Å². The van der Waals surface area contributed by atoms with Crippen molar-refractivity contribution in [3.8, 4) is 0 Å². The average molecular weight is 396 g/mol. The standard InChI is InChI=1S/C22H28N4O3/c1-4-24(16-17-7-10-19(11-8-17)23(2)3)22(27)18-9-12-20(21(15-18)26(28)29)25-13-5-6-14-25/h7-12,15H,4-6,13-14,16H2,1-3H3. The Labute approximate surface area is 171 Å². The van der Waals surface area contributed by atoms with Crippen molar-refractivity contribution in [1.82, 2.24) is 4.90 Å². The first kappa shape index (κ1) is 20.6. The van der Waals surface area contributed by atoms with Gasteiger partial charge in [-0.3, -0.25) is 14.9 Å². The third kappa shape index (κ3) is 4.67. The van der Waals surface area contributed by atoms with E-state index in [2.05, 4.69) is 0 Å². The maximum Gasteiger partial charge on any atom is 0.293 e. The van der Waals surface area contributed by atoms with Crippen LogP contribution >= 0.6 is 0 Å². The van der Waals surface area contributed by atoms with Gasteiger partial charge in [0, 0.05) is 57.6 Å². The Kier molecular flexibility index (Phi) is 6.36. The van der Waals surface area contributed by atoms with Gasteiger partial charge in [0.2, 0.25) is 0 Å². The van der Waals surface area contributed by atoms with Gasteiger partial charge in [-0.2, -0.15) is 0 Å². The van der Waals surface area contributed by atoms with Crippen molar-refractivity contribution in [2.24, 2.45) is 0 Å². The largest absolute Gasteiger partial charge is 0.378 e. The zero-order chi connectivity index (χ0) is 21.0. The molecular formula is C22H28N4O3. The number of nitrogens with zero attached hydrogens (tertiary/aromatic N) is 4.